The molecule has 1 fully saturated rings. The lowest BCUT2D eigenvalue weighted by atomic mass is 9.80. The van der Waals surface area contributed by atoms with Crippen LogP contribution in [0.15, 0.2) is 35.1 Å². The van der Waals surface area contributed by atoms with Crippen molar-refractivity contribution < 1.29 is 8.81 Å². The van der Waals surface area contributed by atoms with Gasteiger partial charge in [-0.15, -0.1) is 5.10 Å². The molecule has 0 unspecified atom stereocenters. The monoisotopic (exact) mass is 407 g/mol. The number of nitrogens with one attached hydrogen (secondary N) is 1. The van der Waals surface area contributed by atoms with Crippen LogP contribution in [0.25, 0.3) is 5.52 Å². The van der Waals surface area contributed by atoms with E-state index in [4.69, 9.17) is 9.52 Å². The van der Waals surface area contributed by atoms with Crippen molar-refractivity contribution in [2.75, 3.05) is 11.4 Å². The molecule has 8 nitrogen and oxygen atoms in total. The molecule has 1 atom stereocenters. The predicted molar refractivity (Wildman–Crippen MR) is 107 cm³/mol. The lowest BCUT2D eigenvalue weighted by molar-refractivity contribution is 0.0569. The number of H-pyrrole nitrogens is 1. The second-order valence-corrected chi connectivity index (χ2v) is 8.36. The second kappa shape index (κ2) is 6.38. The Labute approximate surface area is 172 Å². The van der Waals surface area contributed by atoms with Crippen LogP contribution in [0.5, 0.6) is 0 Å². The Kier molecular flexibility index (Phi) is 3.75. The molecule has 0 radical (unpaired) electrons. The van der Waals surface area contributed by atoms with Gasteiger partial charge in [-0.25, -0.2) is 13.9 Å². The number of hydrogen-bond acceptors (Lipinski definition) is 6. The highest BCUT2D eigenvalue weighted by Gasteiger charge is 2.40. The lowest BCUT2D eigenvalue weighted by Crippen LogP contribution is -2.37. The molecule has 0 aromatic carbocycles. The molecule has 1 saturated carbocycles. The number of alkyl halides is 1. The van der Waals surface area contributed by atoms with Gasteiger partial charge in [-0.2, -0.15) is 5.10 Å². The molecule has 154 valence electrons. The van der Waals surface area contributed by atoms with Crippen LogP contribution in [0, 0.1) is 6.92 Å². The van der Waals surface area contributed by atoms with Crippen LogP contribution >= 0.6 is 0 Å². The second-order valence-electron chi connectivity index (χ2n) is 8.36. The first-order valence-electron chi connectivity index (χ1n) is 10.3. The minimum Gasteiger partial charge on any atom is -0.408 e. The van der Waals surface area contributed by atoms with E-state index >= 15 is 0 Å². The van der Waals surface area contributed by atoms with Crippen molar-refractivity contribution in [1.82, 2.24) is 29.8 Å². The Morgan fingerprint density at radius 1 is 1.33 bits per heavy atom. The minimum absolute atomic E-state index is 0.180. The molecule has 4 aromatic rings. The molecule has 0 spiro atoms. The number of anilines is 1. The molecule has 1 N–H and O–H groups in total. The van der Waals surface area contributed by atoms with E-state index in [-0.39, 0.29) is 12.5 Å². The SMILES string of the molecule is Cc1cccn2nc([C@H]3c4nc[nH]c4CCN3c3nnc(CC4(F)CCC4)o3)cc12. The summed E-state index contributed by atoms with van der Waals surface area (Å²) in [5, 5.41) is 13.2. The van der Waals surface area contributed by atoms with E-state index in [1.807, 2.05) is 21.7 Å². The molecule has 6 rings (SSSR count). The van der Waals surface area contributed by atoms with Gasteiger partial charge in [0.15, 0.2) is 0 Å². The van der Waals surface area contributed by atoms with E-state index in [2.05, 4.69) is 39.2 Å². The Balaban J connectivity index is 1.40. The highest BCUT2D eigenvalue weighted by atomic mass is 19.1. The average Bonchev–Trinajstić information content (AvgIpc) is 3.45. The fourth-order valence-electron chi connectivity index (χ4n) is 4.53. The van der Waals surface area contributed by atoms with Crippen molar-refractivity contribution in [3.05, 3.63) is 59.3 Å². The summed E-state index contributed by atoms with van der Waals surface area (Å²) in [6, 6.07) is 6.27. The van der Waals surface area contributed by atoms with E-state index in [0.717, 1.165) is 41.0 Å². The maximum absolute atomic E-state index is 14.5. The number of nitrogens with zero attached hydrogens (tertiary/aromatic N) is 6. The van der Waals surface area contributed by atoms with Gasteiger partial charge in [0.05, 0.1) is 29.7 Å². The fourth-order valence-corrected chi connectivity index (χ4v) is 4.53. The van der Waals surface area contributed by atoms with Crippen molar-refractivity contribution in [3.63, 3.8) is 0 Å². The molecule has 0 saturated heterocycles. The van der Waals surface area contributed by atoms with E-state index in [9.17, 15) is 4.39 Å². The van der Waals surface area contributed by atoms with Gasteiger partial charge in [-0.05, 0) is 43.9 Å². The molecular weight excluding hydrogens is 385 g/mol. The number of aromatic amines is 1. The zero-order valence-corrected chi connectivity index (χ0v) is 16.7. The summed E-state index contributed by atoms with van der Waals surface area (Å²) in [6.07, 6.45) is 6.66. The number of aryl methyl sites for hydroxylation is 1. The Hall–Kier alpha value is -3.23. The topological polar surface area (TPSA) is 88.1 Å². The standard InChI is InChI=1S/C21H22FN7O/c1-13-4-2-8-29-16(13)10-15(27-29)19-18-14(23-12-24-18)5-9-28(19)20-26-25-17(30-20)11-21(22)6-3-7-21/h2,4,8,10,12,19H,3,5-7,9,11H2,1H3,(H,23,24)/t19-/m0/s1. The number of rotatable bonds is 4. The van der Waals surface area contributed by atoms with Gasteiger partial charge in [-0.3, -0.25) is 0 Å². The van der Waals surface area contributed by atoms with E-state index in [1.54, 1.807) is 6.33 Å². The molecule has 1 aliphatic carbocycles. The van der Waals surface area contributed by atoms with E-state index in [1.165, 1.54) is 0 Å². The quantitative estimate of drug-likeness (QED) is 0.558. The average molecular weight is 407 g/mol. The molecule has 1 aliphatic heterocycles. The number of imidazole rings is 1. The van der Waals surface area contributed by atoms with Crippen LogP contribution in [0.4, 0.5) is 10.4 Å². The van der Waals surface area contributed by atoms with Crippen LogP contribution < -0.4 is 4.90 Å². The first kappa shape index (κ1) is 17.6. The van der Waals surface area contributed by atoms with Gasteiger partial charge < -0.3 is 14.3 Å². The minimum atomic E-state index is -1.19. The summed E-state index contributed by atoms with van der Waals surface area (Å²) in [5.41, 5.74) is 3.85. The van der Waals surface area contributed by atoms with Crippen LogP contribution in [-0.2, 0) is 12.8 Å². The zero-order chi connectivity index (χ0) is 20.3. The fraction of sp³-hybridized carbons (Fsp3) is 0.429. The van der Waals surface area contributed by atoms with Crippen LogP contribution in [0.1, 0.15) is 53.8 Å². The van der Waals surface area contributed by atoms with Crippen molar-refractivity contribution in [2.24, 2.45) is 0 Å². The molecule has 4 aromatic heterocycles. The van der Waals surface area contributed by atoms with Gasteiger partial charge in [0, 0.05) is 24.9 Å². The highest BCUT2D eigenvalue weighted by Crippen LogP contribution is 2.40. The molecule has 0 bridgehead atoms. The van der Waals surface area contributed by atoms with Crippen molar-refractivity contribution in [1.29, 1.82) is 0 Å². The summed E-state index contributed by atoms with van der Waals surface area (Å²) in [4.78, 5) is 9.84. The van der Waals surface area contributed by atoms with Crippen LogP contribution in [0.3, 0.4) is 0 Å². The largest absolute Gasteiger partial charge is 0.408 e. The third-order valence-corrected chi connectivity index (χ3v) is 6.36. The predicted octanol–water partition coefficient (Wildman–Crippen LogP) is 3.34. The summed E-state index contributed by atoms with van der Waals surface area (Å²) >= 11 is 0. The van der Waals surface area contributed by atoms with Crippen LogP contribution in [-0.4, -0.2) is 42.0 Å². The third kappa shape index (κ3) is 2.72. The lowest BCUT2D eigenvalue weighted by Gasteiger charge is -2.33. The van der Waals surface area contributed by atoms with Gasteiger partial charge in [0.25, 0.3) is 0 Å². The Morgan fingerprint density at radius 2 is 2.23 bits per heavy atom. The number of pyridine rings is 1. The molecule has 0 amide bonds. The molecular formula is C21H22FN7O. The Morgan fingerprint density at radius 3 is 3.03 bits per heavy atom. The highest BCUT2D eigenvalue weighted by molar-refractivity contribution is 5.56. The molecule has 2 aliphatic rings. The number of hydrogen-bond donors (Lipinski definition) is 1. The number of fused-ring (bicyclic) bond motifs is 2. The van der Waals surface area contributed by atoms with Gasteiger partial charge >= 0.3 is 6.01 Å². The maximum Gasteiger partial charge on any atom is 0.319 e. The van der Waals surface area contributed by atoms with Gasteiger partial charge in [0.2, 0.25) is 5.89 Å². The van der Waals surface area contributed by atoms with Crippen molar-refractivity contribution in [3.8, 4) is 0 Å². The molecule has 30 heavy (non-hydrogen) atoms. The first-order valence-corrected chi connectivity index (χ1v) is 10.3. The number of aromatic nitrogens is 6. The summed E-state index contributed by atoms with van der Waals surface area (Å²) in [6.45, 7) is 2.74. The zero-order valence-electron chi connectivity index (χ0n) is 16.7. The third-order valence-electron chi connectivity index (χ3n) is 6.36. The number of halogens is 1. The molecule has 9 heteroatoms. The Bertz CT molecular complexity index is 1220. The molecule has 5 heterocycles. The summed E-state index contributed by atoms with van der Waals surface area (Å²) in [7, 11) is 0. The van der Waals surface area contributed by atoms with Gasteiger partial charge in [0.1, 0.15) is 11.7 Å². The van der Waals surface area contributed by atoms with E-state index < -0.39 is 5.67 Å². The first-order chi connectivity index (χ1) is 14.6. The van der Waals surface area contributed by atoms with Crippen LogP contribution in [0.2, 0.25) is 0 Å². The normalized spacial score (nSPS) is 20.3. The van der Waals surface area contributed by atoms with E-state index in [0.29, 0.717) is 31.3 Å². The van der Waals surface area contributed by atoms with Crippen molar-refractivity contribution >= 4 is 11.5 Å². The van der Waals surface area contributed by atoms with Gasteiger partial charge in [-0.1, -0.05) is 11.2 Å². The maximum atomic E-state index is 14.5. The summed E-state index contributed by atoms with van der Waals surface area (Å²) in [5.74, 6) is 0.352. The summed E-state index contributed by atoms with van der Waals surface area (Å²) < 4.78 is 22.3. The van der Waals surface area contributed by atoms with Crippen molar-refractivity contribution in [2.45, 2.75) is 50.7 Å². The smallest absolute Gasteiger partial charge is 0.319 e.